The number of furan rings is 2. The van der Waals surface area contributed by atoms with Crippen molar-refractivity contribution in [2.75, 3.05) is 0 Å². The smallest absolute Gasteiger partial charge is 0.140 e. The highest BCUT2D eigenvalue weighted by molar-refractivity contribution is 6.20. The second kappa shape index (κ2) is 15.1. The molecule has 302 valence electrons. The van der Waals surface area contributed by atoms with E-state index in [4.69, 9.17) is 8.83 Å². The van der Waals surface area contributed by atoms with Gasteiger partial charge in [0.1, 0.15) is 22.3 Å². The molecule has 3 heterocycles. The van der Waals surface area contributed by atoms with E-state index >= 15 is 0 Å². The van der Waals surface area contributed by atoms with Crippen LogP contribution in [0.25, 0.3) is 82.5 Å². The van der Waals surface area contributed by atoms with Crippen LogP contribution < -0.4 is 0 Å². The average Bonchev–Trinajstić information content (AvgIpc) is 4.01. The van der Waals surface area contributed by atoms with E-state index in [1.54, 1.807) is 0 Å². The quantitative estimate of drug-likeness (QED) is 0.145. The van der Waals surface area contributed by atoms with Crippen LogP contribution >= 0.6 is 0 Å². The molecule has 0 spiro atoms. The summed E-state index contributed by atoms with van der Waals surface area (Å²) < 4.78 is 16.8. The summed E-state index contributed by atoms with van der Waals surface area (Å²) in [7, 11) is 0. The second-order valence-electron chi connectivity index (χ2n) is 17.1. The van der Waals surface area contributed by atoms with Crippen molar-refractivity contribution >= 4 is 65.7 Å². The van der Waals surface area contributed by atoms with E-state index < -0.39 is 0 Å². The summed E-state index contributed by atoms with van der Waals surface area (Å²) in [4.78, 5) is 0. The van der Waals surface area contributed by atoms with Gasteiger partial charge in [-0.2, -0.15) is 0 Å². The third kappa shape index (κ3) is 6.10. The SMILES string of the molecule is CCC(c1ccc2oc3c(Cc4ccccc4)c4c(oc5ccc(-n6c7ccccc7c7ccccc76)cc54)c(Cc4ccccc4)c3c2c1)c1ccccc1-c1ccccc1C. The molecule has 0 amide bonds. The summed E-state index contributed by atoms with van der Waals surface area (Å²) in [5, 5.41) is 6.96. The molecule has 0 aliphatic heterocycles. The molecular formula is C60H45NO2. The number of nitrogens with zero attached hydrogens (tertiary/aromatic N) is 1. The number of hydrogen-bond acceptors (Lipinski definition) is 2. The minimum atomic E-state index is 0.186. The van der Waals surface area contributed by atoms with Crippen LogP contribution in [0.15, 0.2) is 203 Å². The van der Waals surface area contributed by atoms with E-state index in [9.17, 15) is 0 Å². The molecule has 3 heteroatoms. The highest BCUT2D eigenvalue weighted by Gasteiger charge is 2.27. The van der Waals surface area contributed by atoms with Crippen LogP contribution in [-0.2, 0) is 12.8 Å². The minimum Gasteiger partial charge on any atom is -0.456 e. The predicted molar refractivity (Wildman–Crippen MR) is 263 cm³/mol. The zero-order valence-electron chi connectivity index (χ0n) is 35.4. The predicted octanol–water partition coefficient (Wildman–Crippen LogP) is 16.3. The lowest BCUT2D eigenvalue weighted by Gasteiger charge is -2.21. The Hall–Kier alpha value is -7.62. The molecule has 0 N–H and O–H groups in total. The summed E-state index contributed by atoms with van der Waals surface area (Å²) in [6.07, 6.45) is 2.36. The van der Waals surface area contributed by atoms with Crippen molar-refractivity contribution in [3.05, 3.63) is 233 Å². The molecule has 0 aliphatic rings. The number of aromatic nitrogens is 1. The Kier molecular flexibility index (Phi) is 8.89. The minimum absolute atomic E-state index is 0.186. The molecule has 3 aromatic heterocycles. The van der Waals surface area contributed by atoms with Crippen molar-refractivity contribution in [3.8, 4) is 16.8 Å². The van der Waals surface area contributed by atoms with Crippen LogP contribution in [0.4, 0.5) is 0 Å². The van der Waals surface area contributed by atoms with Crippen LogP contribution in [0.3, 0.4) is 0 Å². The highest BCUT2D eigenvalue weighted by atomic mass is 16.3. The zero-order valence-corrected chi connectivity index (χ0v) is 35.4. The standard InChI is InChI=1S/C60H45NO2/c1-3-43(45-24-12-13-25-46(45)44-23-11-10-18-38(44)2)41-30-32-55-49(36-41)57-51(34-39-19-6-4-7-20-39)60-58(52(59(57)62-55)35-40-21-8-5-9-22-40)50-37-42(31-33-56(50)63-60)61-53-28-16-14-26-47(53)48-27-15-17-29-54(48)61/h4-33,36-37,43H,3,34-35H2,1-2H3. The third-order valence-corrected chi connectivity index (χ3v) is 13.4. The fourth-order valence-electron chi connectivity index (χ4n) is 10.5. The maximum Gasteiger partial charge on any atom is 0.140 e. The topological polar surface area (TPSA) is 31.2 Å². The number of fused-ring (bicyclic) bond motifs is 9. The molecule has 0 bridgehead atoms. The van der Waals surface area contributed by atoms with E-state index in [-0.39, 0.29) is 5.92 Å². The Bertz CT molecular complexity index is 3630. The van der Waals surface area contributed by atoms with Crippen molar-refractivity contribution in [2.24, 2.45) is 0 Å². The first-order chi connectivity index (χ1) is 31.1. The summed E-state index contributed by atoms with van der Waals surface area (Å²) >= 11 is 0. The largest absolute Gasteiger partial charge is 0.456 e. The van der Waals surface area contributed by atoms with Crippen LogP contribution in [0.2, 0.25) is 0 Å². The molecule has 1 atom stereocenters. The number of para-hydroxylation sites is 2. The van der Waals surface area contributed by atoms with Crippen LogP contribution in [0.5, 0.6) is 0 Å². The Morgan fingerprint density at radius 2 is 0.968 bits per heavy atom. The fraction of sp³-hybridized carbons (Fsp3) is 0.100. The van der Waals surface area contributed by atoms with Gasteiger partial charge in [-0.25, -0.2) is 0 Å². The molecule has 0 saturated heterocycles. The summed E-state index contributed by atoms with van der Waals surface area (Å²) in [6, 6.07) is 70.3. The van der Waals surface area contributed by atoms with Gasteiger partial charge in [0.25, 0.3) is 0 Å². The highest BCUT2D eigenvalue weighted by Crippen LogP contribution is 2.47. The van der Waals surface area contributed by atoms with Gasteiger partial charge in [0.15, 0.2) is 0 Å². The van der Waals surface area contributed by atoms with Crippen LogP contribution in [0, 0.1) is 6.92 Å². The lowest BCUT2D eigenvalue weighted by Crippen LogP contribution is -2.02. The van der Waals surface area contributed by atoms with Gasteiger partial charge in [0.2, 0.25) is 0 Å². The molecule has 0 aliphatic carbocycles. The van der Waals surface area contributed by atoms with Crippen molar-refractivity contribution in [2.45, 2.75) is 39.0 Å². The number of aryl methyl sites for hydroxylation is 1. The summed E-state index contributed by atoms with van der Waals surface area (Å²) in [5.41, 5.74) is 18.3. The normalized spacial score (nSPS) is 12.4. The van der Waals surface area contributed by atoms with Crippen molar-refractivity contribution in [1.82, 2.24) is 4.57 Å². The van der Waals surface area contributed by atoms with Gasteiger partial charge in [-0.15, -0.1) is 0 Å². The van der Waals surface area contributed by atoms with Crippen molar-refractivity contribution < 1.29 is 8.83 Å². The van der Waals surface area contributed by atoms with Gasteiger partial charge < -0.3 is 13.4 Å². The van der Waals surface area contributed by atoms with Crippen LogP contribution in [-0.4, -0.2) is 4.57 Å². The first-order valence-electron chi connectivity index (χ1n) is 22.2. The average molecular weight is 812 g/mol. The second-order valence-corrected chi connectivity index (χ2v) is 17.1. The Morgan fingerprint density at radius 3 is 1.57 bits per heavy atom. The van der Waals surface area contributed by atoms with E-state index in [1.807, 2.05) is 0 Å². The summed E-state index contributed by atoms with van der Waals surface area (Å²) in [5.74, 6) is 0.186. The van der Waals surface area contributed by atoms with Crippen molar-refractivity contribution in [3.63, 3.8) is 0 Å². The van der Waals surface area contributed by atoms with Gasteiger partial charge in [0, 0.05) is 67.9 Å². The molecule has 3 nitrogen and oxygen atoms in total. The molecule has 0 saturated carbocycles. The zero-order chi connectivity index (χ0) is 42.0. The molecule has 0 radical (unpaired) electrons. The Balaban J connectivity index is 1.15. The molecule has 12 rings (SSSR count). The van der Waals surface area contributed by atoms with Gasteiger partial charge in [-0.1, -0.05) is 159 Å². The van der Waals surface area contributed by atoms with E-state index in [0.717, 1.165) is 67.1 Å². The summed E-state index contributed by atoms with van der Waals surface area (Å²) in [6.45, 7) is 4.52. The lowest BCUT2D eigenvalue weighted by atomic mass is 9.83. The van der Waals surface area contributed by atoms with Gasteiger partial charge in [-0.05, 0) is 94.8 Å². The molecule has 9 aromatic carbocycles. The monoisotopic (exact) mass is 811 g/mol. The molecule has 1 unspecified atom stereocenters. The first kappa shape index (κ1) is 37.2. The van der Waals surface area contributed by atoms with Gasteiger partial charge in [-0.3, -0.25) is 0 Å². The van der Waals surface area contributed by atoms with E-state index in [1.165, 1.54) is 60.8 Å². The third-order valence-electron chi connectivity index (χ3n) is 13.4. The first-order valence-corrected chi connectivity index (χ1v) is 22.2. The molecule has 12 aromatic rings. The van der Waals surface area contributed by atoms with E-state index in [2.05, 4.69) is 213 Å². The fourth-order valence-corrected chi connectivity index (χ4v) is 10.5. The Morgan fingerprint density at radius 1 is 0.460 bits per heavy atom. The van der Waals surface area contributed by atoms with Gasteiger partial charge in [0.05, 0.1) is 11.0 Å². The van der Waals surface area contributed by atoms with Crippen molar-refractivity contribution in [1.29, 1.82) is 0 Å². The maximum atomic E-state index is 7.21. The van der Waals surface area contributed by atoms with Crippen LogP contribution in [0.1, 0.15) is 58.2 Å². The molecule has 63 heavy (non-hydrogen) atoms. The van der Waals surface area contributed by atoms with Gasteiger partial charge >= 0.3 is 0 Å². The Labute approximate surface area is 366 Å². The molecule has 0 fully saturated rings. The van der Waals surface area contributed by atoms with E-state index in [0.29, 0.717) is 12.8 Å². The number of benzene rings is 9. The maximum absolute atomic E-state index is 7.21. The number of rotatable bonds is 9. The lowest BCUT2D eigenvalue weighted by molar-refractivity contribution is 0.657. The number of hydrogen-bond donors (Lipinski definition) is 0. The molecular weight excluding hydrogens is 767 g/mol.